The summed E-state index contributed by atoms with van der Waals surface area (Å²) in [5, 5.41) is 8.43. The molecule has 60 valence electrons. The van der Waals surface area contributed by atoms with Crippen LogP contribution >= 0.6 is 0 Å². The third kappa shape index (κ3) is 2.82. The van der Waals surface area contributed by atoms with Gasteiger partial charge in [-0.2, -0.15) is 0 Å². The Kier molecular flexibility index (Phi) is 3.36. The summed E-state index contributed by atoms with van der Waals surface area (Å²) < 4.78 is 5.02. The van der Waals surface area contributed by atoms with E-state index in [0.717, 1.165) is 6.42 Å². The molecule has 0 aromatic carbocycles. The van der Waals surface area contributed by atoms with E-state index < -0.39 is 11.6 Å². The molecule has 0 rings (SSSR count). The maximum Gasteiger partial charge on any atom is 0.306 e. The van der Waals surface area contributed by atoms with E-state index in [9.17, 15) is 4.79 Å². The Balaban J connectivity index is 3.92. The smallest absolute Gasteiger partial charge is 0.306 e. The predicted molar refractivity (Wildman–Crippen MR) is 38.0 cm³/mol. The van der Waals surface area contributed by atoms with Gasteiger partial charge in [-0.15, -0.1) is 0 Å². The highest BCUT2D eigenvalue weighted by atomic mass is 16.5. The van der Waals surface area contributed by atoms with Crippen LogP contribution < -0.4 is 0 Å². The molecule has 0 aliphatic heterocycles. The zero-order valence-electron chi connectivity index (χ0n) is 6.68. The Labute approximate surface area is 61.0 Å². The van der Waals surface area contributed by atoms with Crippen molar-refractivity contribution in [2.45, 2.75) is 32.3 Å². The van der Waals surface area contributed by atoms with E-state index in [1.54, 1.807) is 6.92 Å². The van der Waals surface area contributed by atoms with Gasteiger partial charge in [0.25, 0.3) is 0 Å². The number of rotatable bonds is 4. The second-order valence-electron chi connectivity index (χ2n) is 2.58. The zero-order chi connectivity index (χ0) is 8.20. The van der Waals surface area contributed by atoms with Crippen molar-refractivity contribution in [2.24, 2.45) is 0 Å². The van der Waals surface area contributed by atoms with Crippen LogP contribution in [0.5, 0.6) is 0 Å². The Morgan fingerprint density at radius 2 is 2.20 bits per heavy atom. The van der Waals surface area contributed by atoms with E-state index in [-0.39, 0.29) is 6.42 Å². The minimum Gasteiger partial charge on any atom is -0.481 e. The maximum atomic E-state index is 10.3. The number of aliphatic carboxylic acids is 1. The highest BCUT2D eigenvalue weighted by Crippen LogP contribution is 2.17. The van der Waals surface area contributed by atoms with Gasteiger partial charge in [0, 0.05) is 7.11 Å². The van der Waals surface area contributed by atoms with Crippen LogP contribution in [0.4, 0.5) is 0 Å². The minimum absolute atomic E-state index is 0.0694. The van der Waals surface area contributed by atoms with Crippen molar-refractivity contribution in [3.05, 3.63) is 0 Å². The first kappa shape index (κ1) is 9.43. The van der Waals surface area contributed by atoms with Gasteiger partial charge in [0.05, 0.1) is 12.0 Å². The Morgan fingerprint density at radius 1 is 1.70 bits per heavy atom. The predicted octanol–water partition coefficient (Wildman–Crippen LogP) is 1.28. The average Bonchev–Trinajstić information content (AvgIpc) is 1.87. The fourth-order valence-electron chi connectivity index (χ4n) is 0.661. The first-order chi connectivity index (χ1) is 4.54. The SMILES string of the molecule is CCC(C)(CC(=O)O)OC. The number of ether oxygens (including phenoxy) is 1. The molecule has 0 spiro atoms. The molecule has 1 atom stereocenters. The Hall–Kier alpha value is -0.570. The van der Waals surface area contributed by atoms with Crippen molar-refractivity contribution in [1.82, 2.24) is 0 Å². The van der Waals surface area contributed by atoms with Crippen LogP contribution in [0.2, 0.25) is 0 Å². The van der Waals surface area contributed by atoms with Crippen LogP contribution in [-0.2, 0) is 9.53 Å². The molecular formula is C7H14O3. The first-order valence-electron chi connectivity index (χ1n) is 3.31. The molecule has 0 heterocycles. The highest BCUT2D eigenvalue weighted by Gasteiger charge is 2.24. The van der Waals surface area contributed by atoms with E-state index in [1.807, 2.05) is 6.92 Å². The molecule has 0 aliphatic carbocycles. The van der Waals surface area contributed by atoms with E-state index in [0.29, 0.717) is 0 Å². The summed E-state index contributed by atoms with van der Waals surface area (Å²) >= 11 is 0. The highest BCUT2D eigenvalue weighted by molar-refractivity contribution is 5.68. The molecule has 3 nitrogen and oxygen atoms in total. The summed E-state index contributed by atoms with van der Waals surface area (Å²) in [5.74, 6) is -0.814. The van der Waals surface area contributed by atoms with Gasteiger partial charge in [-0.1, -0.05) is 6.92 Å². The molecule has 0 aliphatic rings. The number of methoxy groups -OCH3 is 1. The van der Waals surface area contributed by atoms with Crippen molar-refractivity contribution >= 4 is 5.97 Å². The van der Waals surface area contributed by atoms with Gasteiger partial charge in [-0.25, -0.2) is 0 Å². The van der Waals surface area contributed by atoms with Crippen molar-refractivity contribution in [3.8, 4) is 0 Å². The van der Waals surface area contributed by atoms with Crippen LogP contribution in [0.3, 0.4) is 0 Å². The van der Waals surface area contributed by atoms with Gasteiger partial charge in [0.1, 0.15) is 0 Å². The molecule has 0 radical (unpaired) electrons. The lowest BCUT2D eigenvalue weighted by Crippen LogP contribution is -2.29. The quantitative estimate of drug-likeness (QED) is 0.649. The molecule has 0 fully saturated rings. The average molecular weight is 146 g/mol. The van der Waals surface area contributed by atoms with Crippen molar-refractivity contribution in [1.29, 1.82) is 0 Å². The van der Waals surface area contributed by atoms with Crippen molar-refractivity contribution in [2.75, 3.05) is 7.11 Å². The van der Waals surface area contributed by atoms with Gasteiger partial charge >= 0.3 is 5.97 Å². The second-order valence-corrected chi connectivity index (χ2v) is 2.58. The molecule has 0 aromatic rings. The topological polar surface area (TPSA) is 46.5 Å². The van der Waals surface area contributed by atoms with Crippen LogP contribution in [0.15, 0.2) is 0 Å². The van der Waals surface area contributed by atoms with E-state index in [4.69, 9.17) is 9.84 Å². The summed E-state index contributed by atoms with van der Waals surface area (Å²) in [6.45, 7) is 3.70. The van der Waals surface area contributed by atoms with Gasteiger partial charge < -0.3 is 9.84 Å². The van der Waals surface area contributed by atoms with Gasteiger partial charge in [-0.05, 0) is 13.3 Å². The zero-order valence-corrected chi connectivity index (χ0v) is 6.68. The molecule has 10 heavy (non-hydrogen) atoms. The Bertz CT molecular complexity index is 116. The van der Waals surface area contributed by atoms with Gasteiger partial charge in [0.2, 0.25) is 0 Å². The summed E-state index contributed by atoms with van der Waals surface area (Å²) in [7, 11) is 1.53. The standard InChI is InChI=1S/C7H14O3/c1-4-7(2,10-3)5-6(8)9/h4-5H2,1-3H3,(H,8,9). The van der Waals surface area contributed by atoms with E-state index in [1.165, 1.54) is 7.11 Å². The summed E-state index contributed by atoms with van der Waals surface area (Å²) in [5.41, 5.74) is -0.494. The summed E-state index contributed by atoms with van der Waals surface area (Å²) in [6, 6.07) is 0. The number of carbonyl (C=O) groups is 1. The van der Waals surface area contributed by atoms with Crippen LogP contribution in [-0.4, -0.2) is 23.8 Å². The van der Waals surface area contributed by atoms with Crippen molar-refractivity contribution in [3.63, 3.8) is 0 Å². The van der Waals surface area contributed by atoms with Crippen molar-refractivity contribution < 1.29 is 14.6 Å². The van der Waals surface area contributed by atoms with E-state index >= 15 is 0 Å². The number of carboxylic acid groups (broad SMARTS) is 1. The monoisotopic (exact) mass is 146 g/mol. The molecule has 0 bridgehead atoms. The number of hydrogen-bond acceptors (Lipinski definition) is 2. The lowest BCUT2D eigenvalue weighted by Gasteiger charge is -2.23. The van der Waals surface area contributed by atoms with Crippen LogP contribution in [0, 0.1) is 0 Å². The molecule has 0 amide bonds. The molecular weight excluding hydrogens is 132 g/mol. The number of carboxylic acids is 1. The minimum atomic E-state index is -0.814. The lowest BCUT2D eigenvalue weighted by atomic mass is 9.99. The first-order valence-corrected chi connectivity index (χ1v) is 3.31. The lowest BCUT2D eigenvalue weighted by molar-refractivity contribution is -0.143. The molecule has 1 N–H and O–H groups in total. The van der Waals surface area contributed by atoms with Crippen LogP contribution in [0.1, 0.15) is 26.7 Å². The van der Waals surface area contributed by atoms with E-state index in [2.05, 4.69) is 0 Å². The fourth-order valence-corrected chi connectivity index (χ4v) is 0.661. The normalized spacial score (nSPS) is 16.3. The molecule has 3 heteroatoms. The molecule has 0 saturated carbocycles. The summed E-state index contributed by atoms with van der Waals surface area (Å²) in [6.07, 6.45) is 0.787. The van der Waals surface area contributed by atoms with Gasteiger partial charge in [-0.3, -0.25) is 4.79 Å². The molecule has 0 saturated heterocycles. The Morgan fingerprint density at radius 3 is 2.30 bits per heavy atom. The largest absolute Gasteiger partial charge is 0.481 e. The molecule has 0 aromatic heterocycles. The molecule has 1 unspecified atom stereocenters. The third-order valence-electron chi connectivity index (χ3n) is 1.77. The second kappa shape index (κ2) is 3.56. The number of hydrogen-bond donors (Lipinski definition) is 1. The fraction of sp³-hybridized carbons (Fsp3) is 0.857. The van der Waals surface area contributed by atoms with Gasteiger partial charge in [0.15, 0.2) is 0 Å². The summed E-state index contributed by atoms with van der Waals surface area (Å²) in [4.78, 5) is 10.3. The third-order valence-corrected chi connectivity index (χ3v) is 1.77. The van der Waals surface area contributed by atoms with Crippen LogP contribution in [0.25, 0.3) is 0 Å². The maximum absolute atomic E-state index is 10.3.